The number of morpholine rings is 1. The third-order valence-corrected chi connectivity index (χ3v) is 5.38. The molecule has 0 aromatic carbocycles. The predicted molar refractivity (Wildman–Crippen MR) is 105 cm³/mol. The van der Waals surface area contributed by atoms with Crippen LogP contribution >= 0.6 is 0 Å². The minimum Gasteiger partial charge on any atom is -0.378 e. The molecule has 2 saturated heterocycles. The second kappa shape index (κ2) is 8.35. The molecule has 0 atom stereocenters. The van der Waals surface area contributed by atoms with Crippen molar-refractivity contribution in [3.63, 3.8) is 0 Å². The van der Waals surface area contributed by atoms with Gasteiger partial charge in [0.2, 0.25) is 5.95 Å². The first-order valence-corrected chi connectivity index (χ1v) is 9.61. The summed E-state index contributed by atoms with van der Waals surface area (Å²) >= 11 is 0. The second-order valence-corrected chi connectivity index (χ2v) is 6.98. The van der Waals surface area contributed by atoms with E-state index in [1.807, 2.05) is 12.3 Å². The number of ether oxygens (including phenoxy) is 1. The molecule has 2 aromatic heterocycles. The third kappa shape index (κ3) is 3.82. The Kier molecular flexibility index (Phi) is 5.48. The summed E-state index contributed by atoms with van der Waals surface area (Å²) in [6.07, 6.45) is 6.97. The Morgan fingerprint density at radius 3 is 2.54 bits per heavy atom. The van der Waals surface area contributed by atoms with Crippen molar-refractivity contribution in [2.45, 2.75) is 18.9 Å². The molecule has 0 radical (unpaired) electrons. The molecule has 0 N–H and O–H groups in total. The van der Waals surface area contributed by atoms with Gasteiger partial charge in [-0.2, -0.15) is 10.2 Å². The first kappa shape index (κ1) is 18.4. The van der Waals surface area contributed by atoms with Crippen LogP contribution in [0.1, 0.15) is 18.5 Å². The average molecular weight is 380 g/mol. The molecule has 0 unspecified atom stereocenters. The number of hydrogen-bond acceptors (Lipinski definition) is 9. The maximum atomic E-state index is 9.26. The van der Waals surface area contributed by atoms with E-state index in [2.05, 4.69) is 42.8 Å². The molecular formula is C19H24N8O. The fourth-order valence-electron chi connectivity index (χ4n) is 3.74. The molecule has 0 bridgehead atoms. The van der Waals surface area contributed by atoms with Crippen LogP contribution in [0.4, 0.5) is 17.6 Å². The smallest absolute Gasteiger partial charge is 0.227 e. The zero-order chi connectivity index (χ0) is 19.3. The van der Waals surface area contributed by atoms with Gasteiger partial charge in [0, 0.05) is 57.9 Å². The predicted octanol–water partition coefficient (Wildman–Crippen LogP) is 1.08. The third-order valence-electron chi connectivity index (χ3n) is 5.38. The van der Waals surface area contributed by atoms with Gasteiger partial charge < -0.3 is 19.4 Å². The summed E-state index contributed by atoms with van der Waals surface area (Å²) in [5.41, 5.74) is 0.389. The van der Waals surface area contributed by atoms with Crippen LogP contribution in [0, 0.1) is 11.3 Å². The van der Waals surface area contributed by atoms with Crippen LogP contribution in [0.5, 0.6) is 0 Å². The van der Waals surface area contributed by atoms with Crippen molar-refractivity contribution in [3.8, 4) is 6.07 Å². The molecule has 2 aliphatic rings. The van der Waals surface area contributed by atoms with Gasteiger partial charge in [-0.3, -0.25) is 0 Å². The van der Waals surface area contributed by atoms with Gasteiger partial charge in [-0.05, 0) is 18.9 Å². The number of aromatic nitrogens is 4. The van der Waals surface area contributed by atoms with Gasteiger partial charge in [0.05, 0.1) is 13.2 Å². The van der Waals surface area contributed by atoms with Crippen molar-refractivity contribution >= 4 is 17.6 Å². The highest BCUT2D eigenvalue weighted by molar-refractivity contribution is 5.50. The second-order valence-electron chi connectivity index (χ2n) is 6.98. The summed E-state index contributed by atoms with van der Waals surface area (Å²) in [4.78, 5) is 24.3. The van der Waals surface area contributed by atoms with Crippen molar-refractivity contribution in [3.05, 3.63) is 30.4 Å². The molecule has 0 spiro atoms. The molecule has 9 heteroatoms. The standard InChI is InChI=1S/C19H24N8O/c1-25(17-2-5-23-19(24-17)27-10-12-28-13-11-27)15-3-8-26(9-4-15)18-16(14-20)21-6-7-22-18/h2,5-7,15H,3-4,8-13H2,1H3. The van der Waals surface area contributed by atoms with Gasteiger partial charge in [0.25, 0.3) is 0 Å². The van der Waals surface area contributed by atoms with Crippen LogP contribution in [0.3, 0.4) is 0 Å². The first-order chi connectivity index (χ1) is 13.8. The van der Waals surface area contributed by atoms with E-state index in [0.29, 0.717) is 17.6 Å². The van der Waals surface area contributed by atoms with E-state index in [-0.39, 0.29) is 0 Å². The van der Waals surface area contributed by atoms with Crippen LogP contribution < -0.4 is 14.7 Å². The summed E-state index contributed by atoms with van der Waals surface area (Å²) in [7, 11) is 2.09. The molecule has 146 valence electrons. The highest BCUT2D eigenvalue weighted by Crippen LogP contribution is 2.25. The van der Waals surface area contributed by atoms with E-state index in [1.54, 1.807) is 12.4 Å². The van der Waals surface area contributed by atoms with E-state index in [1.165, 1.54) is 0 Å². The molecule has 2 fully saturated rings. The lowest BCUT2D eigenvalue weighted by atomic mass is 10.0. The van der Waals surface area contributed by atoms with Gasteiger partial charge in [0.15, 0.2) is 11.5 Å². The number of rotatable bonds is 4. The molecule has 2 aliphatic heterocycles. The molecule has 4 heterocycles. The van der Waals surface area contributed by atoms with E-state index in [0.717, 1.165) is 64.0 Å². The van der Waals surface area contributed by atoms with Crippen LogP contribution in [0.15, 0.2) is 24.7 Å². The van der Waals surface area contributed by atoms with Crippen molar-refractivity contribution in [1.82, 2.24) is 19.9 Å². The van der Waals surface area contributed by atoms with Gasteiger partial charge in [0.1, 0.15) is 11.9 Å². The van der Waals surface area contributed by atoms with Gasteiger partial charge in [-0.15, -0.1) is 0 Å². The minimum absolute atomic E-state index is 0.380. The van der Waals surface area contributed by atoms with Gasteiger partial charge in [-0.1, -0.05) is 0 Å². The van der Waals surface area contributed by atoms with E-state index < -0.39 is 0 Å². The average Bonchev–Trinajstić information content (AvgIpc) is 2.79. The first-order valence-electron chi connectivity index (χ1n) is 9.61. The quantitative estimate of drug-likeness (QED) is 0.772. The summed E-state index contributed by atoms with van der Waals surface area (Å²) < 4.78 is 5.42. The van der Waals surface area contributed by atoms with Crippen molar-refractivity contribution in [2.75, 3.05) is 61.1 Å². The lowest BCUT2D eigenvalue weighted by molar-refractivity contribution is 0.122. The summed E-state index contributed by atoms with van der Waals surface area (Å²) in [6, 6.07) is 4.48. The molecule has 0 aliphatic carbocycles. The number of anilines is 3. The SMILES string of the molecule is CN(c1ccnc(N2CCOCC2)n1)C1CCN(c2nccnc2C#N)CC1. The van der Waals surface area contributed by atoms with Crippen LogP contribution in [0.2, 0.25) is 0 Å². The minimum atomic E-state index is 0.380. The fraction of sp³-hybridized carbons (Fsp3) is 0.526. The van der Waals surface area contributed by atoms with Crippen molar-refractivity contribution in [2.24, 2.45) is 0 Å². The molecular weight excluding hydrogens is 356 g/mol. The maximum absolute atomic E-state index is 9.26. The Balaban J connectivity index is 1.41. The van der Waals surface area contributed by atoms with E-state index >= 15 is 0 Å². The van der Waals surface area contributed by atoms with Crippen LogP contribution in [-0.2, 0) is 4.74 Å². The van der Waals surface area contributed by atoms with Crippen LogP contribution in [-0.4, -0.2) is 72.4 Å². The Hall–Kier alpha value is -2.99. The number of piperidine rings is 1. The lowest BCUT2D eigenvalue weighted by Gasteiger charge is -2.38. The molecule has 2 aromatic rings. The number of nitrogens with zero attached hydrogens (tertiary/aromatic N) is 8. The monoisotopic (exact) mass is 380 g/mol. The fourth-order valence-corrected chi connectivity index (χ4v) is 3.74. The topological polar surface area (TPSA) is 94.3 Å². The summed E-state index contributed by atoms with van der Waals surface area (Å²) in [5.74, 6) is 2.39. The maximum Gasteiger partial charge on any atom is 0.227 e. The van der Waals surface area contributed by atoms with Crippen molar-refractivity contribution in [1.29, 1.82) is 5.26 Å². The molecule has 4 rings (SSSR count). The Morgan fingerprint density at radius 2 is 1.79 bits per heavy atom. The highest BCUT2D eigenvalue weighted by atomic mass is 16.5. The normalized spacial score (nSPS) is 18.0. The largest absolute Gasteiger partial charge is 0.378 e. The summed E-state index contributed by atoms with van der Waals surface area (Å²) in [5, 5.41) is 9.26. The van der Waals surface area contributed by atoms with Gasteiger partial charge in [-0.25, -0.2) is 15.0 Å². The summed E-state index contributed by atoms with van der Waals surface area (Å²) in [6.45, 7) is 4.76. The van der Waals surface area contributed by atoms with Crippen LogP contribution in [0.25, 0.3) is 0 Å². The molecule has 0 saturated carbocycles. The van der Waals surface area contributed by atoms with E-state index in [9.17, 15) is 5.26 Å². The molecule has 9 nitrogen and oxygen atoms in total. The highest BCUT2D eigenvalue weighted by Gasteiger charge is 2.26. The molecule has 28 heavy (non-hydrogen) atoms. The Bertz CT molecular complexity index is 840. The Morgan fingerprint density at radius 1 is 1.04 bits per heavy atom. The lowest BCUT2D eigenvalue weighted by Crippen LogP contribution is -2.44. The van der Waals surface area contributed by atoms with Crippen molar-refractivity contribution < 1.29 is 4.74 Å². The van der Waals surface area contributed by atoms with E-state index in [4.69, 9.17) is 9.72 Å². The zero-order valence-electron chi connectivity index (χ0n) is 16.0. The van der Waals surface area contributed by atoms with Gasteiger partial charge >= 0.3 is 0 Å². The number of nitriles is 1. The molecule has 0 amide bonds. The Labute approximate surface area is 164 Å². The number of hydrogen-bond donors (Lipinski definition) is 0. The zero-order valence-corrected chi connectivity index (χ0v) is 16.0.